The predicted molar refractivity (Wildman–Crippen MR) is 70.0 cm³/mol. The maximum atomic E-state index is 5.80. The molecule has 2 aromatic rings. The fourth-order valence-corrected chi connectivity index (χ4v) is 1.65. The molecule has 17 heavy (non-hydrogen) atoms. The Morgan fingerprint density at radius 3 is 2.94 bits per heavy atom. The van der Waals surface area contributed by atoms with Gasteiger partial charge in [-0.2, -0.15) is 0 Å². The Morgan fingerprint density at radius 1 is 1.41 bits per heavy atom. The van der Waals surface area contributed by atoms with Crippen LogP contribution in [0, 0.1) is 6.92 Å². The van der Waals surface area contributed by atoms with E-state index >= 15 is 0 Å². The van der Waals surface area contributed by atoms with Gasteiger partial charge in [0, 0.05) is 25.1 Å². The van der Waals surface area contributed by atoms with Gasteiger partial charge in [-0.15, -0.1) is 0 Å². The van der Waals surface area contributed by atoms with E-state index in [4.69, 9.17) is 17.3 Å². The minimum atomic E-state index is 0.535. The number of hydrogen-bond donors (Lipinski definition) is 2. The van der Waals surface area contributed by atoms with Crippen LogP contribution < -0.4 is 11.1 Å². The second-order valence-electron chi connectivity index (χ2n) is 3.75. The summed E-state index contributed by atoms with van der Waals surface area (Å²) in [6.45, 7) is 2.68. The van der Waals surface area contributed by atoms with Crippen LogP contribution in [0.2, 0.25) is 5.02 Å². The molecule has 0 aromatic carbocycles. The van der Waals surface area contributed by atoms with Crippen LogP contribution in [0.15, 0.2) is 30.7 Å². The van der Waals surface area contributed by atoms with Crippen LogP contribution in [0.3, 0.4) is 0 Å². The fraction of sp³-hybridized carbons (Fsp3) is 0.167. The van der Waals surface area contributed by atoms with E-state index in [2.05, 4.69) is 15.3 Å². The van der Waals surface area contributed by atoms with E-state index in [9.17, 15) is 0 Å². The lowest BCUT2D eigenvalue weighted by atomic mass is 10.1. The minimum Gasteiger partial charge on any atom is -0.396 e. The van der Waals surface area contributed by atoms with Gasteiger partial charge in [-0.25, -0.2) is 4.98 Å². The van der Waals surface area contributed by atoms with Crippen molar-refractivity contribution >= 4 is 23.1 Å². The van der Waals surface area contributed by atoms with Crippen LogP contribution in [0.1, 0.15) is 11.1 Å². The molecule has 0 amide bonds. The van der Waals surface area contributed by atoms with Crippen molar-refractivity contribution in [3.05, 3.63) is 46.9 Å². The summed E-state index contributed by atoms with van der Waals surface area (Å²) in [6, 6.07) is 3.64. The zero-order chi connectivity index (χ0) is 12.3. The third kappa shape index (κ3) is 2.85. The van der Waals surface area contributed by atoms with Gasteiger partial charge in [-0.3, -0.25) is 4.98 Å². The first-order valence-electron chi connectivity index (χ1n) is 5.21. The van der Waals surface area contributed by atoms with Crippen LogP contribution >= 0.6 is 11.6 Å². The van der Waals surface area contributed by atoms with Gasteiger partial charge < -0.3 is 11.1 Å². The lowest BCUT2D eigenvalue weighted by molar-refractivity contribution is 1.07. The first-order chi connectivity index (χ1) is 8.16. The van der Waals surface area contributed by atoms with E-state index in [0.717, 1.165) is 11.1 Å². The van der Waals surface area contributed by atoms with Crippen molar-refractivity contribution < 1.29 is 0 Å². The van der Waals surface area contributed by atoms with E-state index in [-0.39, 0.29) is 0 Å². The first-order valence-corrected chi connectivity index (χ1v) is 5.59. The highest BCUT2D eigenvalue weighted by Gasteiger charge is 2.02. The zero-order valence-corrected chi connectivity index (χ0v) is 10.2. The Balaban J connectivity index is 2.10. The summed E-state index contributed by atoms with van der Waals surface area (Å²) in [5.41, 5.74) is 8.64. The smallest absolute Gasteiger partial charge is 0.149 e. The maximum absolute atomic E-state index is 5.80. The monoisotopic (exact) mass is 248 g/mol. The Labute approximate surface area is 105 Å². The second kappa shape index (κ2) is 5.01. The highest BCUT2D eigenvalue weighted by atomic mass is 35.5. The van der Waals surface area contributed by atoms with Crippen LogP contribution in [0.5, 0.6) is 0 Å². The van der Waals surface area contributed by atoms with Gasteiger partial charge in [0.2, 0.25) is 0 Å². The number of nitrogens with two attached hydrogens (primary N) is 1. The molecular formula is C12H13ClN4. The van der Waals surface area contributed by atoms with Crippen LogP contribution in [0.4, 0.5) is 11.5 Å². The Hall–Kier alpha value is -1.81. The van der Waals surface area contributed by atoms with E-state index in [1.165, 1.54) is 0 Å². The molecule has 88 valence electrons. The van der Waals surface area contributed by atoms with Gasteiger partial charge in [0.1, 0.15) is 5.82 Å². The summed E-state index contributed by atoms with van der Waals surface area (Å²) >= 11 is 5.78. The standard InChI is InChI=1S/C12H13ClN4/c1-8-5-15-3-2-9(8)6-16-12-11(14)4-10(13)7-17-12/h2-5,7H,6,14H2,1H3,(H,16,17). The molecule has 0 fully saturated rings. The quantitative estimate of drug-likeness (QED) is 0.877. The average Bonchev–Trinajstić information content (AvgIpc) is 2.30. The number of nitrogens with one attached hydrogen (secondary N) is 1. The molecular weight excluding hydrogens is 236 g/mol. The summed E-state index contributed by atoms with van der Waals surface area (Å²) in [4.78, 5) is 8.18. The highest BCUT2D eigenvalue weighted by molar-refractivity contribution is 6.30. The largest absolute Gasteiger partial charge is 0.396 e. The molecule has 0 bridgehead atoms. The molecule has 0 saturated carbocycles. The van der Waals surface area contributed by atoms with Crippen LogP contribution in [0.25, 0.3) is 0 Å². The number of rotatable bonds is 3. The molecule has 0 aliphatic rings. The molecule has 2 aromatic heterocycles. The average molecular weight is 249 g/mol. The summed E-state index contributed by atoms with van der Waals surface area (Å²) in [5.74, 6) is 0.644. The van der Waals surface area contributed by atoms with E-state index in [1.807, 2.05) is 19.2 Å². The topological polar surface area (TPSA) is 63.8 Å². The van der Waals surface area contributed by atoms with Crippen molar-refractivity contribution in [2.24, 2.45) is 0 Å². The predicted octanol–water partition coefficient (Wildman–Crippen LogP) is 2.63. The van der Waals surface area contributed by atoms with E-state index in [0.29, 0.717) is 23.1 Å². The van der Waals surface area contributed by atoms with Gasteiger partial charge in [0.15, 0.2) is 0 Å². The zero-order valence-electron chi connectivity index (χ0n) is 9.44. The first kappa shape index (κ1) is 11.7. The fourth-order valence-electron chi connectivity index (χ4n) is 1.48. The third-order valence-electron chi connectivity index (χ3n) is 2.47. The number of halogens is 1. The lowest BCUT2D eigenvalue weighted by Gasteiger charge is -2.09. The molecule has 2 heterocycles. The molecule has 3 N–H and O–H groups in total. The van der Waals surface area contributed by atoms with Gasteiger partial charge in [-0.05, 0) is 30.2 Å². The number of aryl methyl sites for hydroxylation is 1. The number of nitrogen functional groups attached to an aromatic ring is 1. The maximum Gasteiger partial charge on any atom is 0.149 e. The van der Waals surface area contributed by atoms with Crippen molar-refractivity contribution in [1.29, 1.82) is 0 Å². The van der Waals surface area contributed by atoms with E-state index in [1.54, 1.807) is 18.5 Å². The SMILES string of the molecule is Cc1cnccc1CNc1ncc(Cl)cc1N. The lowest BCUT2D eigenvalue weighted by Crippen LogP contribution is -2.05. The van der Waals surface area contributed by atoms with Crippen LogP contribution in [-0.2, 0) is 6.54 Å². The molecule has 0 aliphatic heterocycles. The van der Waals surface area contributed by atoms with Crippen molar-refractivity contribution in [1.82, 2.24) is 9.97 Å². The molecule has 2 rings (SSSR count). The van der Waals surface area contributed by atoms with Gasteiger partial charge >= 0.3 is 0 Å². The normalized spacial score (nSPS) is 10.2. The highest BCUT2D eigenvalue weighted by Crippen LogP contribution is 2.20. The Morgan fingerprint density at radius 2 is 2.24 bits per heavy atom. The summed E-state index contributed by atoms with van der Waals surface area (Å²) < 4.78 is 0. The van der Waals surface area contributed by atoms with Crippen molar-refractivity contribution in [2.75, 3.05) is 11.1 Å². The molecule has 0 radical (unpaired) electrons. The summed E-state index contributed by atoms with van der Waals surface area (Å²) in [6.07, 6.45) is 5.16. The molecule has 5 heteroatoms. The number of aromatic nitrogens is 2. The molecule has 0 unspecified atom stereocenters. The number of hydrogen-bond acceptors (Lipinski definition) is 4. The molecule has 0 spiro atoms. The second-order valence-corrected chi connectivity index (χ2v) is 4.18. The number of pyridine rings is 2. The Bertz CT molecular complexity index is 528. The number of nitrogens with zero attached hydrogens (tertiary/aromatic N) is 2. The van der Waals surface area contributed by atoms with Gasteiger partial charge in [0.25, 0.3) is 0 Å². The van der Waals surface area contributed by atoms with Gasteiger partial charge in [-0.1, -0.05) is 11.6 Å². The summed E-state index contributed by atoms with van der Waals surface area (Å²) in [7, 11) is 0. The molecule has 4 nitrogen and oxygen atoms in total. The van der Waals surface area contributed by atoms with Crippen LogP contribution in [-0.4, -0.2) is 9.97 Å². The number of anilines is 2. The third-order valence-corrected chi connectivity index (χ3v) is 2.67. The van der Waals surface area contributed by atoms with Crippen molar-refractivity contribution in [2.45, 2.75) is 13.5 Å². The Kier molecular flexibility index (Phi) is 3.44. The van der Waals surface area contributed by atoms with E-state index < -0.39 is 0 Å². The summed E-state index contributed by atoms with van der Waals surface area (Å²) in [5, 5.41) is 3.71. The van der Waals surface area contributed by atoms with Gasteiger partial charge in [0.05, 0.1) is 10.7 Å². The van der Waals surface area contributed by atoms with Crippen molar-refractivity contribution in [3.8, 4) is 0 Å². The van der Waals surface area contributed by atoms with Crippen molar-refractivity contribution in [3.63, 3.8) is 0 Å². The molecule has 0 saturated heterocycles. The molecule has 0 atom stereocenters. The minimum absolute atomic E-state index is 0.535. The molecule has 0 aliphatic carbocycles.